The molecule has 4 aromatic rings. The highest BCUT2D eigenvalue weighted by Gasteiger charge is 2.42. The number of para-hydroxylation sites is 1. The minimum atomic E-state index is -0.537. The van der Waals surface area contributed by atoms with Gasteiger partial charge in [0.15, 0.2) is 5.43 Å². The fourth-order valence-corrected chi connectivity index (χ4v) is 4.23. The van der Waals surface area contributed by atoms with E-state index in [4.69, 9.17) is 16.0 Å². The summed E-state index contributed by atoms with van der Waals surface area (Å²) < 4.78 is 5.95. The van der Waals surface area contributed by atoms with Crippen LogP contribution in [0.25, 0.3) is 11.0 Å². The molecule has 30 heavy (non-hydrogen) atoms. The fourth-order valence-electron chi connectivity index (χ4n) is 4.04. The number of carbonyl (C=O) groups excluding carboxylic acids is 1. The van der Waals surface area contributed by atoms with Crippen molar-refractivity contribution in [3.8, 4) is 0 Å². The Hall–Kier alpha value is -3.37. The van der Waals surface area contributed by atoms with E-state index in [0.717, 1.165) is 16.7 Å². The molecule has 0 unspecified atom stereocenters. The van der Waals surface area contributed by atoms with Gasteiger partial charge in [0, 0.05) is 11.6 Å². The van der Waals surface area contributed by atoms with Crippen molar-refractivity contribution < 1.29 is 9.21 Å². The summed E-state index contributed by atoms with van der Waals surface area (Å²) in [6, 6.07) is 21.8. The summed E-state index contributed by atoms with van der Waals surface area (Å²) in [7, 11) is 0. The Morgan fingerprint density at radius 1 is 0.933 bits per heavy atom. The molecule has 0 radical (unpaired) electrons. The first-order valence-electron chi connectivity index (χ1n) is 9.71. The quantitative estimate of drug-likeness (QED) is 0.444. The van der Waals surface area contributed by atoms with Gasteiger partial charge in [-0.25, -0.2) is 0 Å². The Bertz CT molecular complexity index is 1340. The summed E-state index contributed by atoms with van der Waals surface area (Å²) in [4.78, 5) is 28.5. The van der Waals surface area contributed by atoms with Gasteiger partial charge in [-0.15, -0.1) is 0 Å². The molecule has 1 atom stereocenters. The summed E-state index contributed by atoms with van der Waals surface area (Å²) >= 11 is 6.37. The molecule has 1 aliphatic rings. The smallest absolute Gasteiger partial charge is 0.291 e. The van der Waals surface area contributed by atoms with Crippen LogP contribution in [0.3, 0.4) is 0 Å². The number of amides is 1. The van der Waals surface area contributed by atoms with E-state index in [1.165, 1.54) is 0 Å². The van der Waals surface area contributed by atoms with Gasteiger partial charge >= 0.3 is 0 Å². The largest absolute Gasteiger partial charge is 0.450 e. The van der Waals surface area contributed by atoms with E-state index >= 15 is 0 Å². The Morgan fingerprint density at radius 3 is 2.40 bits per heavy atom. The van der Waals surface area contributed by atoms with Gasteiger partial charge in [0.1, 0.15) is 5.58 Å². The third-order valence-corrected chi connectivity index (χ3v) is 5.93. The highest BCUT2D eigenvalue weighted by atomic mass is 35.5. The van der Waals surface area contributed by atoms with Gasteiger partial charge in [-0.3, -0.25) is 9.59 Å². The van der Waals surface area contributed by atoms with Gasteiger partial charge in [0.25, 0.3) is 5.91 Å². The topological polar surface area (TPSA) is 50.5 Å². The van der Waals surface area contributed by atoms with Crippen LogP contribution in [0, 0.1) is 6.92 Å². The number of halogens is 1. The number of hydrogen-bond acceptors (Lipinski definition) is 3. The van der Waals surface area contributed by atoms with Gasteiger partial charge in [-0.1, -0.05) is 71.8 Å². The molecule has 0 N–H and O–H groups in total. The SMILES string of the molecule is Cc1ccc([C@@H]2c3c(oc4ccccc4c3=O)C(=O)N2Cc2ccccc2Cl)cc1. The molecule has 5 rings (SSSR count). The van der Waals surface area contributed by atoms with Gasteiger partial charge in [-0.05, 0) is 36.2 Å². The van der Waals surface area contributed by atoms with Crippen molar-refractivity contribution in [2.45, 2.75) is 19.5 Å². The van der Waals surface area contributed by atoms with Crippen LogP contribution in [-0.2, 0) is 6.54 Å². The van der Waals surface area contributed by atoms with Crippen LogP contribution < -0.4 is 5.43 Å². The van der Waals surface area contributed by atoms with E-state index < -0.39 is 6.04 Å². The lowest BCUT2D eigenvalue weighted by Gasteiger charge is -2.25. The highest BCUT2D eigenvalue weighted by molar-refractivity contribution is 6.31. The lowest BCUT2D eigenvalue weighted by Crippen LogP contribution is -2.29. The van der Waals surface area contributed by atoms with Crippen LogP contribution in [0.5, 0.6) is 0 Å². The van der Waals surface area contributed by atoms with Crippen LogP contribution in [0.15, 0.2) is 82.0 Å². The summed E-state index contributed by atoms with van der Waals surface area (Å²) in [5, 5.41) is 1.05. The number of benzene rings is 3. The Kier molecular flexibility index (Phi) is 4.44. The molecule has 1 amide bonds. The summed E-state index contributed by atoms with van der Waals surface area (Å²) in [6.45, 7) is 2.28. The Morgan fingerprint density at radius 2 is 1.63 bits per heavy atom. The number of carbonyl (C=O) groups is 1. The van der Waals surface area contributed by atoms with Crippen molar-refractivity contribution in [3.05, 3.63) is 116 Å². The second kappa shape index (κ2) is 7.15. The first kappa shape index (κ1) is 18.6. The maximum absolute atomic E-state index is 13.4. The molecule has 0 bridgehead atoms. The highest BCUT2D eigenvalue weighted by Crippen LogP contribution is 2.39. The van der Waals surface area contributed by atoms with Crippen molar-refractivity contribution in [2.24, 2.45) is 0 Å². The van der Waals surface area contributed by atoms with E-state index in [0.29, 0.717) is 21.6 Å². The van der Waals surface area contributed by atoms with Crippen molar-refractivity contribution in [1.82, 2.24) is 4.90 Å². The standard InChI is InChI=1S/C25H18ClNO3/c1-15-10-12-16(13-11-15)22-21-23(28)18-7-3-5-9-20(18)30-24(21)25(29)27(22)14-17-6-2-4-8-19(17)26/h2-13,22H,14H2,1H3/t22-/m1/s1. The van der Waals surface area contributed by atoms with Crippen LogP contribution in [-0.4, -0.2) is 10.8 Å². The molecular formula is C25H18ClNO3. The number of rotatable bonds is 3. The molecule has 1 aliphatic heterocycles. The molecule has 5 heteroatoms. The lowest BCUT2D eigenvalue weighted by atomic mass is 9.97. The number of fused-ring (bicyclic) bond motifs is 2. The van der Waals surface area contributed by atoms with E-state index in [2.05, 4.69) is 0 Å². The molecule has 0 aliphatic carbocycles. The monoisotopic (exact) mass is 415 g/mol. The van der Waals surface area contributed by atoms with Gasteiger partial charge in [-0.2, -0.15) is 0 Å². The van der Waals surface area contributed by atoms with Gasteiger partial charge in [0.2, 0.25) is 5.76 Å². The number of hydrogen-bond donors (Lipinski definition) is 0. The summed E-state index contributed by atoms with van der Waals surface area (Å²) in [5.74, 6) is -0.199. The van der Waals surface area contributed by atoms with E-state index in [-0.39, 0.29) is 23.6 Å². The normalized spacial score (nSPS) is 15.6. The van der Waals surface area contributed by atoms with Crippen LogP contribution in [0.1, 0.15) is 38.9 Å². The predicted molar refractivity (Wildman–Crippen MR) is 117 cm³/mol. The molecular weight excluding hydrogens is 398 g/mol. The Balaban J connectivity index is 1.73. The molecule has 0 saturated heterocycles. The van der Waals surface area contributed by atoms with Crippen molar-refractivity contribution in [1.29, 1.82) is 0 Å². The predicted octanol–water partition coefficient (Wildman–Crippen LogP) is 5.50. The van der Waals surface area contributed by atoms with Crippen LogP contribution >= 0.6 is 11.6 Å². The fraction of sp³-hybridized carbons (Fsp3) is 0.120. The molecule has 2 heterocycles. The van der Waals surface area contributed by atoms with E-state index in [1.54, 1.807) is 35.2 Å². The molecule has 3 aromatic carbocycles. The average Bonchev–Trinajstić information content (AvgIpc) is 3.03. The summed E-state index contributed by atoms with van der Waals surface area (Å²) in [6.07, 6.45) is 0. The zero-order valence-corrected chi connectivity index (χ0v) is 17.0. The molecule has 0 spiro atoms. The molecule has 148 valence electrons. The zero-order valence-electron chi connectivity index (χ0n) is 16.3. The molecule has 0 saturated carbocycles. The maximum Gasteiger partial charge on any atom is 0.291 e. The van der Waals surface area contributed by atoms with Crippen LogP contribution in [0.4, 0.5) is 0 Å². The van der Waals surface area contributed by atoms with Crippen LogP contribution in [0.2, 0.25) is 5.02 Å². The van der Waals surface area contributed by atoms with Crippen molar-refractivity contribution in [2.75, 3.05) is 0 Å². The minimum absolute atomic E-state index is 0.108. The van der Waals surface area contributed by atoms with E-state index in [9.17, 15) is 9.59 Å². The second-order valence-electron chi connectivity index (χ2n) is 7.51. The molecule has 4 nitrogen and oxygen atoms in total. The second-order valence-corrected chi connectivity index (χ2v) is 7.92. The summed E-state index contributed by atoms with van der Waals surface area (Å²) in [5.41, 5.74) is 3.40. The number of nitrogens with zero attached hydrogens (tertiary/aromatic N) is 1. The third-order valence-electron chi connectivity index (χ3n) is 5.56. The minimum Gasteiger partial charge on any atom is -0.450 e. The Labute approximate surface area is 178 Å². The number of aryl methyl sites for hydroxylation is 1. The van der Waals surface area contributed by atoms with Crippen molar-refractivity contribution in [3.63, 3.8) is 0 Å². The zero-order chi connectivity index (χ0) is 20.8. The third kappa shape index (κ3) is 2.92. The first-order valence-corrected chi connectivity index (χ1v) is 10.1. The van der Waals surface area contributed by atoms with Gasteiger partial charge < -0.3 is 9.32 Å². The lowest BCUT2D eigenvalue weighted by molar-refractivity contribution is 0.0714. The van der Waals surface area contributed by atoms with Gasteiger partial charge in [0.05, 0.1) is 17.0 Å². The van der Waals surface area contributed by atoms with Crippen molar-refractivity contribution >= 4 is 28.5 Å². The maximum atomic E-state index is 13.4. The average molecular weight is 416 g/mol. The van der Waals surface area contributed by atoms with E-state index in [1.807, 2.05) is 49.4 Å². The first-order chi connectivity index (χ1) is 14.5. The molecule has 1 aromatic heterocycles. The molecule has 0 fully saturated rings.